The van der Waals surface area contributed by atoms with Crippen molar-refractivity contribution in [1.82, 2.24) is 19.5 Å². The maximum absolute atomic E-state index is 14.5. The van der Waals surface area contributed by atoms with Gasteiger partial charge in [0.2, 0.25) is 5.88 Å². The molecule has 1 aliphatic heterocycles. The van der Waals surface area contributed by atoms with Crippen molar-refractivity contribution in [3.8, 4) is 5.88 Å². The standard InChI is InChI=1S/C21H20FN7O2S/c1-21(5-8-32-20(23)28-21)14-9-13(3-4-15(14)22)27-19(30)16-10-26-18(11-25-16)31-12-17-24-6-7-29(17)2/h3-11H,12H2,1-2H3,(H2,23,28)(H,27,30)/t21-/m0/s1. The molecule has 1 atom stereocenters. The Morgan fingerprint density at radius 2 is 2.16 bits per heavy atom. The van der Waals surface area contributed by atoms with Gasteiger partial charge < -0.3 is 20.4 Å². The minimum Gasteiger partial charge on any atom is -0.468 e. The number of thioether (sulfide) groups is 1. The predicted octanol–water partition coefficient (Wildman–Crippen LogP) is 2.97. The van der Waals surface area contributed by atoms with Crippen LogP contribution in [0.2, 0.25) is 0 Å². The summed E-state index contributed by atoms with van der Waals surface area (Å²) in [7, 11) is 1.86. The number of hydrogen-bond donors (Lipinski definition) is 2. The predicted molar refractivity (Wildman–Crippen MR) is 120 cm³/mol. The van der Waals surface area contributed by atoms with Gasteiger partial charge in [-0.3, -0.25) is 4.79 Å². The number of benzene rings is 1. The third kappa shape index (κ3) is 4.62. The molecule has 1 aliphatic rings. The highest BCUT2D eigenvalue weighted by Crippen LogP contribution is 2.35. The van der Waals surface area contributed by atoms with Gasteiger partial charge in [-0.2, -0.15) is 0 Å². The first-order valence-corrected chi connectivity index (χ1v) is 10.4. The Balaban J connectivity index is 1.45. The Morgan fingerprint density at radius 1 is 1.31 bits per heavy atom. The molecule has 32 heavy (non-hydrogen) atoms. The maximum Gasteiger partial charge on any atom is 0.275 e. The van der Waals surface area contributed by atoms with Gasteiger partial charge in [0.15, 0.2) is 5.17 Å². The van der Waals surface area contributed by atoms with E-state index in [9.17, 15) is 9.18 Å². The number of amidine groups is 1. The summed E-state index contributed by atoms with van der Waals surface area (Å²) < 4.78 is 21.9. The third-order valence-electron chi connectivity index (χ3n) is 4.82. The minimum atomic E-state index is -0.966. The van der Waals surface area contributed by atoms with Gasteiger partial charge in [-0.15, -0.1) is 0 Å². The molecule has 1 amide bonds. The highest BCUT2D eigenvalue weighted by Gasteiger charge is 2.29. The number of aliphatic imine (C=N–C) groups is 1. The summed E-state index contributed by atoms with van der Waals surface area (Å²) in [6, 6.07) is 4.27. The zero-order valence-corrected chi connectivity index (χ0v) is 18.1. The molecule has 11 heteroatoms. The van der Waals surface area contributed by atoms with Crippen molar-refractivity contribution < 1.29 is 13.9 Å². The third-order valence-corrected chi connectivity index (χ3v) is 5.43. The van der Waals surface area contributed by atoms with Crippen molar-refractivity contribution in [2.45, 2.75) is 19.1 Å². The van der Waals surface area contributed by atoms with E-state index in [1.165, 1.54) is 42.4 Å². The first kappa shape index (κ1) is 21.5. The number of carbonyl (C=O) groups is 1. The number of imidazole rings is 1. The fraction of sp³-hybridized carbons (Fsp3) is 0.190. The largest absolute Gasteiger partial charge is 0.468 e. The van der Waals surface area contributed by atoms with Gasteiger partial charge in [0.25, 0.3) is 5.91 Å². The number of anilines is 1. The average Bonchev–Trinajstić information content (AvgIpc) is 3.18. The number of nitrogens with one attached hydrogen (secondary N) is 1. The van der Waals surface area contributed by atoms with Gasteiger partial charge in [0, 0.05) is 30.7 Å². The highest BCUT2D eigenvalue weighted by atomic mass is 32.2. The number of hydrogen-bond acceptors (Lipinski definition) is 8. The molecule has 1 aromatic carbocycles. The number of aryl methyl sites for hydroxylation is 1. The molecule has 0 saturated heterocycles. The Hall–Kier alpha value is -3.73. The normalized spacial score (nSPS) is 17.7. The topological polar surface area (TPSA) is 120 Å². The minimum absolute atomic E-state index is 0.0858. The molecule has 0 bridgehead atoms. The number of nitrogens with two attached hydrogens (primary N) is 1. The smallest absolute Gasteiger partial charge is 0.275 e. The van der Waals surface area contributed by atoms with Crippen LogP contribution in [0.15, 0.2) is 59.5 Å². The number of nitrogens with zero attached hydrogens (tertiary/aromatic N) is 5. The van der Waals surface area contributed by atoms with Crippen molar-refractivity contribution in [2.75, 3.05) is 5.32 Å². The van der Waals surface area contributed by atoms with Crippen LogP contribution in [0.1, 0.15) is 28.8 Å². The van der Waals surface area contributed by atoms with Crippen LogP contribution in [0.5, 0.6) is 5.88 Å². The number of ether oxygens (including phenoxy) is 1. The summed E-state index contributed by atoms with van der Waals surface area (Å²) in [6.45, 7) is 1.97. The summed E-state index contributed by atoms with van der Waals surface area (Å²) in [4.78, 5) is 29.3. The van der Waals surface area contributed by atoms with Gasteiger partial charge in [-0.25, -0.2) is 24.3 Å². The van der Waals surface area contributed by atoms with Crippen molar-refractivity contribution in [2.24, 2.45) is 17.8 Å². The molecular formula is C21H20FN7O2S. The van der Waals surface area contributed by atoms with Gasteiger partial charge in [0.1, 0.15) is 29.5 Å². The van der Waals surface area contributed by atoms with E-state index in [0.29, 0.717) is 16.4 Å². The fourth-order valence-electron chi connectivity index (χ4n) is 3.05. The lowest BCUT2D eigenvalue weighted by molar-refractivity contribution is 0.102. The summed E-state index contributed by atoms with van der Waals surface area (Å²) in [6.07, 6.45) is 7.90. The lowest BCUT2D eigenvalue weighted by atomic mass is 9.92. The second-order valence-electron chi connectivity index (χ2n) is 7.15. The molecule has 2 aromatic heterocycles. The van der Waals surface area contributed by atoms with E-state index < -0.39 is 17.3 Å². The van der Waals surface area contributed by atoms with E-state index in [4.69, 9.17) is 10.5 Å². The van der Waals surface area contributed by atoms with Gasteiger partial charge >= 0.3 is 0 Å². The number of halogens is 1. The molecule has 164 valence electrons. The summed E-state index contributed by atoms with van der Waals surface area (Å²) in [5.74, 6) is 0.0482. The first-order chi connectivity index (χ1) is 15.3. The monoisotopic (exact) mass is 453 g/mol. The van der Waals surface area contributed by atoms with Crippen LogP contribution in [0.3, 0.4) is 0 Å². The molecule has 3 aromatic rings. The molecule has 0 unspecified atom stereocenters. The average molecular weight is 454 g/mol. The van der Waals surface area contributed by atoms with Crippen LogP contribution in [-0.4, -0.2) is 30.6 Å². The van der Waals surface area contributed by atoms with E-state index >= 15 is 0 Å². The number of amides is 1. The molecule has 0 fully saturated rings. The van der Waals surface area contributed by atoms with Crippen molar-refractivity contribution in [3.63, 3.8) is 0 Å². The molecule has 3 N–H and O–H groups in total. The molecule has 0 spiro atoms. The van der Waals surface area contributed by atoms with Crippen LogP contribution < -0.4 is 15.8 Å². The zero-order chi connectivity index (χ0) is 22.7. The second-order valence-corrected chi connectivity index (χ2v) is 8.08. The second kappa shape index (κ2) is 8.79. The SMILES string of the molecule is Cn1ccnc1COc1cnc(C(=O)Nc2ccc(F)c([C@]3(C)C=CSC(N)=N3)c2)cn1. The van der Waals surface area contributed by atoms with Crippen molar-refractivity contribution in [1.29, 1.82) is 0 Å². The summed E-state index contributed by atoms with van der Waals surface area (Å²) >= 11 is 1.26. The Kier molecular flexibility index (Phi) is 5.91. The number of rotatable bonds is 6. The quantitative estimate of drug-likeness (QED) is 0.589. The van der Waals surface area contributed by atoms with Crippen LogP contribution in [0.25, 0.3) is 0 Å². The Labute approximate surface area is 187 Å². The maximum atomic E-state index is 14.5. The van der Waals surface area contributed by atoms with Crippen LogP contribution in [0, 0.1) is 5.82 Å². The van der Waals surface area contributed by atoms with Crippen molar-refractivity contribution >= 4 is 28.5 Å². The summed E-state index contributed by atoms with van der Waals surface area (Å²) in [5, 5.41) is 4.80. The molecule has 0 aliphatic carbocycles. The summed E-state index contributed by atoms with van der Waals surface area (Å²) in [5.41, 5.74) is 5.60. The van der Waals surface area contributed by atoms with E-state index in [1.807, 2.05) is 17.8 Å². The molecule has 0 saturated carbocycles. The molecule has 9 nitrogen and oxygen atoms in total. The van der Waals surface area contributed by atoms with Gasteiger partial charge in [-0.05, 0) is 36.6 Å². The van der Waals surface area contributed by atoms with Crippen LogP contribution in [0.4, 0.5) is 10.1 Å². The number of carbonyl (C=O) groups excluding carboxylic acids is 1. The molecule has 3 heterocycles. The van der Waals surface area contributed by atoms with Crippen LogP contribution >= 0.6 is 11.8 Å². The van der Waals surface area contributed by atoms with Gasteiger partial charge in [0.05, 0.1) is 12.4 Å². The number of aromatic nitrogens is 4. The first-order valence-electron chi connectivity index (χ1n) is 9.56. The zero-order valence-electron chi connectivity index (χ0n) is 17.3. The Bertz CT molecular complexity index is 1210. The fourth-order valence-corrected chi connectivity index (χ4v) is 3.76. The highest BCUT2D eigenvalue weighted by molar-refractivity contribution is 8.16. The van der Waals surface area contributed by atoms with E-state index in [-0.39, 0.29) is 18.2 Å². The molecule has 0 radical (unpaired) electrons. The Morgan fingerprint density at radius 3 is 2.84 bits per heavy atom. The molecular weight excluding hydrogens is 433 g/mol. The van der Waals surface area contributed by atoms with E-state index in [0.717, 1.165) is 5.82 Å². The van der Waals surface area contributed by atoms with Crippen LogP contribution in [-0.2, 0) is 19.2 Å². The molecule has 4 rings (SSSR count). The lowest BCUT2D eigenvalue weighted by Gasteiger charge is -2.26. The van der Waals surface area contributed by atoms with Crippen molar-refractivity contribution in [3.05, 3.63) is 77.4 Å². The lowest BCUT2D eigenvalue weighted by Crippen LogP contribution is -2.25. The van der Waals surface area contributed by atoms with E-state index in [1.54, 1.807) is 24.6 Å². The van der Waals surface area contributed by atoms with E-state index in [2.05, 4.69) is 25.3 Å². The van der Waals surface area contributed by atoms with Gasteiger partial charge in [-0.1, -0.05) is 11.8 Å².